The summed E-state index contributed by atoms with van der Waals surface area (Å²) in [5.41, 5.74) is 0.994. The van der Waals surface area contributed by atoms with Gasteiger partial charge in [0.15, 0.2) is 0 Å². The normalized spacial score (nSPS) is 11.0. The second kappa shape index (κ2) is 13.9. The average Bonchev–Trinajstić information content (AvgIpc) is 2.79. The third-order valence-corrected chi connectivity index (χ3v) is 5.71. The number of anilines is 1. The highest BCUT2D eigenvalue weighted by Gasteiger charge is 2.01. The molecule has 5 heteroatoms. The van der Waals surface area contributed by atoms with E-state index in [-0.39, 0.29) is 0 Å². The largest absolute Gasteiger partial charge is 0.494 e. The molecule has 3 aromatic rings. The maximum absolute atomic E-state index is 5.96. The molecular formula is C26H34ClN3O. The first-order chi connectivity index (χ1) is 15.3. The van der Waals surface area contributed by atoms with E-state index in [9.17, 15) is 0 Å². The summed E-state index contributed by atoms with van der Waals surface area (Å²) in [6.07, 6.45) is 14.4. The highest BCUT2D eigenvalue weighted by Crippen LogP contribution is 2.19. The number of aromatic nitrogens is 2. The van der Waals surface area contributed by atoms with Gasteiger partial charge >= 0.3 is 0 Å². The molecule has 4 nitrogen and oxygen atoms in total. The van der Waals surface area contributed by atoms with Crippen molar-refractivity contribution < 1.29 is 4.74 Å². The van der Waals surface area contributed by atoms with E-state index in [1.54, 1.807) is 6.33 Å². The van der Waals surface area contributed by atoms with Crippen molar-refractivity contribution in [2.45, 2.75) is 64.2 Å². The van der Waals surface area contributed by atoms with Gasteiger partial charge in [-0.15, -0.1) is 0 Å². The van der Waals surface area contributed by atoms with Crippen LogP contribution in [0.3, 0.4) is 0 Å². The molecule has 1 N–H and O–H groups in total. The Morgan fingerprint density at radius 1 is 0.742 bits per heavy atom. The highest BCUT2D eigenvalue weighted by atomic mass is 35.5. The van der Waals surface area contributed by atoms with Gasteiger partial charge in [0.05, 0.1) is 12.1 Å². The van der Waals surface area contributed by atoms with Crippen molar-refractivity contribution in [1.82, 2.24) is 9.97 Å². The zero-order chi connectivity index (χ0) is 21.6. The maximum Gasteiger partial charge on any atom is 0.137 e. The summed E-state index contributed by atoms with van der Waals surface area (Å²) in [5, 5.41) is 5.30. The van der Waals surface area contributed by atoms with Gasteiger partial charge in [0.25, 0.3) is 0 Å². The summed E-state index contributed by atoms with van der Waals surface area (Å²) in [4.78, 5) is 8.69. The quantitative estimate of drug-likeness (QED) is 0.247. The van der Waals surface area contributed by atoms with Gasteiger partial charge in [-0.2, -0.15) is 0 Å². The summed E-state index contributed by atoms with van der Waals surface area (Å²) >= 11 is 5.96. The van der Waals surface area contributed by atoms with Crippen LogP contribution in [0.15, 0.2) is 54.9 Å². The molecule has 0 aliphatic heterocycles. The zero-order valence-electron chi connectivity index (χ0n) is 18.4. The molecule has 0 radical (unpaired) electrons. The molecule has 0 saturated carbocycles. The second-order valence-corrected chi connectivity index (χ2v) is 8.44. The maximum atomic E-state index is 5.96. The SMILES string of the molecule is Clc1cccc(OCCCCCCCCCCCCNc2ncnc3ccccc23)c1. The Morgan fingerprint density at radius 3 is 2.23 bits per heavy atom. The van der Waals surface area contributed by atoms with Crippen LogP contribution < -0.4 is 10.1 Å². The lowest BCUT2D eigenvalue weighted by atomic mass is 10.1. The van der Waals surface area contributed by atoms with E-state index in [1.165, 1.54) is 57.8 Å². The lowest BCUT2D eigenvalue weighted by Crippen LogP contribution is -2.04. The van der Waals surface area contributed by atoms with Crippen LogP contribution in [0.4, 0.5) is 5.82 Å². The van der Waals surface area contributed by atoms with Gasteiger partial charge in [-0.05, 0) is 43.2 Å². The summed E-state index contributed by atoms with van der Waals surface area (Å²) < 4.78 is 5.73. The van der Waals surface area contributed by atoms with Crippen LogP contribution in [0.25, 0.3) is 10.9 Å². The molecule has 3 rings (SSSR count). The Balaban J connectivity index is 1.11. The van der Waals surface area contributed by atoms with E-state index in [1.807, 2.05) is 42.5 Å². The molecule has 0 fully saturated rings. The highest BCUT2D eigenvalue weighted by molar-refractivity contribution is 6.30. The fourth-order valence-electron chi connectivity index (χ4n) is 3.74. The Hall–Kier alpha value is -2.33. The molecule has 0 amide bonds. The minimum Gasteiger partial charge on any atom is -0.494 e. The fourth-order valence-corrected chi connectivity index (χ4v) is 3.92. The van der Waals surface area contributed by atoms with E-state index in [4.69, 9.17) is 16.3 Å². The van der Waals surface area contributed by atoms with Gasteiger partial charge in [-0.1, -0.05) is 81.2 Å². The molecule has 0 aliphatic rings. The van der Waals surface area contributed by atoms with Crippen molar-refractivity contribution in [3.63, 3.8) is 0 Å². The van der Waals surface area contributed by atoms with E-state index >= 15 is 0 Å². The lowest BCUT2D eigenvalue weighted by Gasteiger charge is -2.08. The van der Waals surface area contributed by atoms with E-state index in [2.05, 4.69) is 21.4 Å². The number of para-hydroxylation sites is 1. The molecule has 1 heterocycles. The predicted molar refractivity (Wildman–Crippen MR) is 131 cm³/mol. The first-order valence-corrected chi connectivity index (χ1v) is 12.0. The van der Waals surface area contributed by atoms with E-state index in [0.29, 0.717) is 0 Å². The smallest absolute Gasteiger partial charge is 0.137 e. The molecule has 0 bridgehead atoms. The molecule has 0 aliphatic carbocycles. The molecular weight excluding hydrogens is 406 g/mol. The summed E-state index contributed by atoms with van der Waals surface area (Å²) in [6.45, 7) is 1.75. The van der Waals surface area contributed by atoms with Crippen LogP contribution in [-0.4, -0.2) is 23.1 Å². The molecule has 1 aromatic heterocycles. The Morgan fingerprint density at radius 2 is 1.45 bits per heavy atom. The molecule has 2 aromatic carbocycles. The number of benzene rings is 2. The summed E-state index contributed by atoms with van der Waals surface area (Å²) in [7, 11) is 0. The minimum absolute atomic E-state index is 0.730. The van der Waals surface area contributed by atoms with Crippen LogP contribution in [0, 0.1) is 0 Å². The van der Waals surface area contributed by atoms with Gasteiger partial charge in [-0.25, -0.2) is 9.97 Å². The van der Waals surface area contributed by atoms with Gasteiger partial charge in [0.2, 0.25) is 0 Å². The average molecular weight is 440 g/mol. The Bertz CT molecular complexity index is 897. The molecule has 0 spiro atoms. The van der Waals surface area contributed by atoms with Crippen molar-refractivity contribution in [3.05, 3.63) is 59.9 Å². The zero-order valence-corrected chi connectivity index (χ0v) is 19.1. The first-order valence-electron chi connectivity index (χ1n) is 11.6. The number of nitrogens with one attached hydrogen (secondary N) is 1. The van der Waals surface area contributed by atoms with Crippen molar-refractivity contribution in [2.24, 2.45) is 0 Å². The van der Waals surface area contributed by atoms with Crippen LogP contribution in [-0.2, 0) is 0 Å². The number of hydrogen-bond acceptors (Lipinski definition) is 4. The lowest BCUT2D eigenvalue weighted by molar-refractivity contribution is 0.304. The molecule has 0 atom stereocenters. The Labute approximate surface area is 191 Å². The van der Waals surface area contributed by atoms with Gasteiger partial charge in [0, 0.05) is 17.0 Å². The second-order valence-electron chi connectivity index (χ2n) is 8.01. The minimum atomic E-state index is 0.730. The van der Waals surface area contributed by atoms with Crippen molar-refractivity contribution in [3.8, 4) is 5.75 Å². The van der Waals surface area contributed by atoms with Crippen molar-refractivity contribution in [2.75, 3.05) is 18.5 Å². The van der Waals surface area contributed by atoms with Gasteiger partial charge < -0.3 is 10.1 Å². The van der Waals surface area contributed by atoms with Crippen LogP contribution in [0.1, 0.15) is 64.2 Å². The first kappa shape index (κ1) is 23.3. The van der Waals surface area contributed by atoms with Gasteiger partial charge in [-0.3, -0.25) is 0 Å². The number of halogens is 1. The number of nitrogens with zero attached hydrogens (tertiary/aromatic N) is 2. The number of rotatable bonds is 15. The van der Waals surface area contributed by atoms with Crippen molar-refractivity contribution in [1.29, 1.82) is 0 Å². The predicted octanol–water partition coefficient (Wildman–Crippen LogP) is 7.68. The summed E-state index contributed by atoms with van der Waals surface area (Å²) in [6, 6.07) is 15.8. The standard InChI is InChI=1S/C26H34ClN3O/c27-22-14-13-15-23(20-22)31-19-12-8-6-4-2-1-3-5-7-11-18-28-26-24-16-9-10-17-25(24)29-21-30-26/h9-10,13-17,20-21H,1-8,11-12,18-19H2,(H,28,29,30). The van der Waals surface area contributed by atoms with Crippen molar-refractivity contribution >= 4 is 28.3 Å². The molecule has 166 valence electrons. The van der Waals surface area contributed by atoms with Crippen LogP contribution in [0.5, 0.6) is 5.75 Å². The monoisotopic (exact) mass is 439 g/mol. The number of unbranched alkanes of at least 4 members (excludes halogenated alkanes) is 9. The number of hydrogen-bond donors (Lipinski definition) is 1. The van der Waals surface area contributed by atoms with E-state index in [0.717, 1.165) is 47.1 Å². The topological polar surface area (TPSA) is 47.0 Å². The van der Waals surface area contributed by atoms with Crippen LogP contribution in [0.2, 0.25) is 5.02 Å². The fraction of sp³-hybridized carbons (Fsp3) is 0.462. The number of ether oxygens (including phenoxy) is 1. The Kier molecular flexibility index (Phi) is 10.4. The third-order valence-electron chi connectivity index (χ3n) is 5.47. The molecule has 0 unspecified atom stereocenters. The van der Waals surface area contributed by atoms with E-state index < -0.39 is 0 Å². The molecule has 0 saturated heterocycles. The molecule has 31 heavy (non-hydrogen) atoms. The van der Waals surface area contributed by atoms with Gasteiger partial charge in [0.1, 0.15) is 17.9 Å². The number of fused-ring (bicyclic) bond motifs is 1. The third kappa shape index (κ3) is 8.74. The summed E-state index contributed by atoms with van der Waals surface area (Å²) in [5.74, 6) is 1.82. The van der Waals surface area contributed by atoms with Crippen LogP contribution >= 0.6 is 11.6 Å².